The van der Waals surface area contributed by atoms with E-state index in [1.54, 1.807) is 0 Å². The van der Waals surface area contributed by atoms with Gasteiger partial charge in [-0.2, -0.15) is 0 Å². The van der Waals surface area contributed by atoms with Crippen LogP contribution in [-0.4, -0.2) is 18.2 Å². The second kappa shape index (κ2) is 5.06. The first-order valence-electron chi connectivity index (χ1n) is 8.82. The first-order chi connectivity index (χ1) is 12.1. The van der Waals surface area contributed by atoms with Gasteiger partial charge in [-0.1, -0.05) is 60.7 Å². The van der Waals surface area contributed by atoms with Gasteiger partial charge in [0.15, 0.2) is 5.60 Å². The molecule has 3 aliphatic heterocycles. The molecule has 0 unspecified atom stereocenters. The number of carbonyl (C=O) groups is 1. The van der Waals surface area contributed by atoms with Gasteiger partial charge in [0.1, 0.15) is 0 Å². The lowest BCUT2D eigenvalue weighted by molar-refractivity contribution is -0.153. The Morgan fingerprint density at radius 2 is 1.40 bits per heavy atom. The fourth-order valence-corrected chi connectivity index (χ4v) is 4.96. The van der Waals surface area contributed by atoms with E-state index in [1.807, 2.05) is 30.3 Å². The second-order valence-electron chi connectivity index (χ2n) is 7.29. The molecule has 2 aromatic rings. The third kappa shape index (κ3) is 1.82. The molecule has 3 heterocycles. The fourth-order valence-electron chi connectivity index (χ4n) is 4.96. The molecule has 0 aliphatic carbocycles. The SMILES string of the molecule is Cc1ccccc1C1(c2ccccc2C)OC(=O)[C@H]2[C@@H]1[C@@H]1C=C[C@H]2O1. The summed E-state index contributed by atoms with van der Waals surface area (Å²) in [4.78, 5) is 12.9. The maximum atomic E-state index is 12.9. The molecule has 2 bridgehead atoms. The summed E-state index contributed by atoms with van der Waals surface area (Å²) in [6.07, 6.45) is 3.87. The molecular formula is C22H20O3. The maximum Gasteiger partial charge on any atom is 0.313 e. The standard InChI is InChI=1S/C22H20O3/c1-13-7-3-5-9-15(13)22(16-10-6-4-8-14(16)2)20-18-12-11-17(24-18)19(20)21(23)25-22/h3-12,17-20H,1-2H3/t17-,18+,19-,20+/m1/s1. The van der Waals surface area contributed by atoms with Gasteiger partial charge in [-0.05, 0) is 25.0 Å². The Bertz CT molecular complexity index is 852. The first-order valence-corrected chi connectivity index (χ1v) is 8.82. The quantitative estimate of drug-likeness (QED) is 0.622. The van der Waals surface area contributed by atoms with Gasteiger partial charge in [0, 0.05) is 11.1 Å². The lowest BCUT2D eigenvalue weighted by atomic mass is 9.67. The average molecular weight is 332 g/mol. The number of carbonyl (C=O) groups excluding carboxylic acids is 1. The van der Waals surface area contributed by atoms with Crippen LogP contribution >= 0.6 is 0 Å². The van der Waals surface area contributed by atoms with E-state index in [1.165, 1.54) is 0 Å². The van der Waals surface area contributed by atoms with Gasteiger partial charge >= 0.3 is 5.97 Å². The Morgan fingerprint density at radius 3 is 2.00 bits per heavy atom. The largest absolute Gasteiger partial charge is 0.448 e. The molecule has 2 aromatic carbocycles. The van der Waals surface area contributed by atoms with E-state index in [0.717, 1.165) is 22.3 Å². The van der Waals surface area contributed by atoms with Gasteiger partial charge in [-0.25, -0.2) is 0 Å². The van der Waals surface area contributed by atoms with Crippen LogP contribution in [0, 0.1) is 25.7 Å². The molecule has 0 radical (unpaired) electrons. The predicted molar refractivity (Wildman–Crippen MR) is 94.0 cm³/mol. The summed E-state index contributed by atoms with van der Waals surface area (Å²) in [7, 11) is 0. The van der Waals surface area contributed by atoms with E-state index < -0.39 is 5.60 Å². The van der Waals surface area contributed by atoms with Gasteiger partial charge in [0.05, 0.1) is 24.0 Å². The molecule has 2 saturated heterocycles. The maximum absolute atomic E-state index is 12.9. The third-order valence-corrected chi connectivity index (χ3v) is 5.99. The highest BCUT2D eigenvalue weighted by molar-refractivity contribution is 5.80. The minimum absolute atomic E-state index is 0.0304. The lowest BCUT2D eigenvalue weighted by Gasteiger charge is -2.37. The van der Waals surface area contributed by atoms with Crippen molar-refractivity contribution in [2.75, 3.05) is 0 Å². The van der Waals surface area contributed by atoms with Crippen molar-refractivity contribution in [2.45, 2.75) is 31.7 Å². The molecule has 3 aliphatic rings. The summed E-state index contributed by atoms with van der Waals surface area (Å²) in [5.74, 6) is -0.403. The van der Waals surface area contributed by atoms with Crippen LogP contribution in [0.4, 0.5) is 0 Å². The first kappa shape index (κ1) is 14.9. The van der Waals surface area contributed by atoms with Crippen molar-refractivity contribution < 1.29 is 14.3 Å². The van der Waals surface area contributed by atoms with Gasteiger partial charge in [-0.3, -0.25) is 4.79 Å². The Kier molecular flexibility index (Phi) is 3.02. The Labute approximate surface area is 147 Å². The highest BCUT2D eigenvalue weighted by atomic mass is 16.6. The van der Waals surface area contributed by atoms with Gasteiger partial charge in [-0.15, -0.1) is 0 Å². The number of cyclic esters (lactones) is 1. The second-order valence-corrected chi connectivity index (χ2v) is 7.29. The van der Waals surface area contributed by atoms with Crippen molar-refractivity contribution in [3.8, 4) is 0 Å². The molecule has 3 nitrogen and oxygen atoms in total. The molecule has 126 valence electrons. The number of esters is 1. The van der Waals surface area contributed by atoms with Crippen LogP contribution < -0.4 is 0 Å². The summed E-state index contributed by atoms with van der Waals surface area (Å²) < 4.78 is 12.3. The van der Waals surface area contributed by atoms with Crippen LogP contribution in [0.2, 0.25) is 0 Å². The molecule has 0 saturated carbocycles. The number of benzene rings is 2. The van der Waals surface area contributed by atoms with Crippen molar-refractivity contribution in [2.24, 2.45) is 11.8 Å². The number of fused-ring (bicyclic) bond motifs is 5. The minimum Gasteiger partial charge on any atom is -0.448 e. The van der Waals surface area contributed by atoms with E-state index in [2.05, 4.69) is 44.2 Å². The van der Waals surface area contributed by atoms with E-state index >= 15 is 0 Å². The van der Waals surface area contributed by atoms with Crippen LogP contribution in [0.25, 0.3) is 0 Å². The number of rotatable bonds is 2. The fraction of sp³-hybridized carbons (Fsp3) is 0.318. The lowest BCUT2D eigenvalue weighted by Crippen LogP contribution is -2.41. The van der Waals surface area contributed by atoms with E-state index in [-0.39, 0.29) is 30.0 Å². The zero-order chi connectivity index (χ0) is 17.2. The highest BCUT2D eigenvalue weighted by Crippen LogP contribution is 2.59. The molecule has 3 heteroatoms. The predicted octanol–water partition coefficient (Wildman–Crippen LogP) is 3.67. The summed E-state index contributed by atoms with van der Waals surface area (Å²) in [5, 5.41) is 0. The van der Waals surface area contributed by atoms with E-state index in [4.69, 9.17) is 9.47 Å². The number of ether oxygens (including phenoxy) is 2. The Balaban J connectivity index is 1.82. The van der Waals surface area contributed by atoms with Crippen LogP contribution in [0.15, 0.2) is 60.7 Å². The molecule has 0 amide bonds. The number of hydrogen-bond acceptors (Lipinski definition) is 3. The summed E-state index contributed by atoms with van der Waals surface area (Å²) in [6.45, 7) is 4.17. The smallest absolute Gasteiger partial charge is 0.313 e. The van der Waals surface area contributed by atoms with Crippen molar-refractivity contribution in [3.05, 3.63) is 82.9 Å². The average Bonchev–Trinajstić information content (AvgIpc) is 3.29. The zero-order valence-corrected chi connectivity index (χ0v) is 14.3. The molecule has 25 heavy (non-hydrogen) atoms. The van der Waals surface area contributed by atoms with Gasteiger partial charge in [0.25, 0.3) is 0 Å². The summed E-state index contributed by atoms with van der Waals surface area (Å²) in [6, 6.07) is 16.4. The number of aryl methyl sites for hydroxylation is 2. The van der Waals surface area contributed by atoms with Crippen LogP contribution in [0.5, 0.6) is 0 Å². The molecule has 0 aromatic heterocycles. The molecule has 0 N–H and O–H groups in total. The van der Waals surface area contributed by atoms with Crippen LogP contribution in [-0.2, 0) is 19.9 Å². The summed E-state index contributed by atoms with van der Waals surface area (Å²) in [5.41, 5.74) is 3.60. The monoisotopic (exact) mass is 332 g/mol. The van der Waals surface area contributed by atoms with Crippen molar-refractivity contribution in [1.82, 2.24) is 0 Å². The van der Waals surface area contributed by atoms with Crippen LogP contribution in [0.1, 0.15) is 22.3 Å². The Morgan fingerprint density at radius 1 is 0.840 bits per heavy atom. The molecule has 0 spiro atoms. The topological polar surface area (TPSA) is 35.5 Å². The molecular weight excluding hydrogens is 312 g/mol. The highest BCUT2D eigenvalue weighted by Gasteiger charge is 2.67. The number of hydrogen-bond donors (Lipinski definition) is 0. The van der Waals surface area contributed by atoms with Crippen molar-refractivity contribution >= 4 is 5.97 Å². The van der Waals surface area contributed by atoms with E-state index in [9.17, 15) is 4.79 Å². The molecule has 2 fully saturated rings. The van der Waals surface area contributed by atoms with Gasteiger partial charge < -0.3 is 9.47 Å². The Hall–Kier alpha value is -2.39. The zero-order valence-electron chi connectivity index (χ0n) is 14.3. The molecule has 5 rings (SSSR count). The third-order valence-electron chi connectivity index (χ3n) is 5.99. The molecule has 4 atom stereocenters. The normalized spacial score (nSPS) is 31.2. The summed E-state index contributed by atoms with van der Waals surface area (Å²) >= 11 is 0. The van der Waals surface area contributed by atoms with Crippen molar-refractivity contribution in [3.63, 3.8) is 0 Å². The van der Waals surface area contributed by atoms with Gasteiger partial charge in [0.2, 0.25) is 0 Å². The van der Waals surface area contributed by atoms with Crippen LogP contribution in [0.3, 0.4) is 0 Å². The minimum atomic E-state index is -0.789. The van der Waals surface area contributed by atoms with E-state index in [0.29, 0.717) is 0 Å². The van der Waals surface area contributed by atoms with Crippen molar-refractivity contribution in [1.29, 1.82) is 0 Å².